The largest absolute Gasteiger partial charge is 0.494 e. The number of hydrogen-bond acceptors (Lipinski definition) is 6. The van der Waals surface area contributed by atoms with E-state index in [1.807, 2.05) is 45.0 Å². The Bertz CT molecular complexity index is 855. The average Bonchev–Trinajstić information content (AvgIpc) is 3.14. The summed E-state index contributed by atoms with van der Waals surface area (Å²) in [6.45, 7) is 8.45. The standard InChI is InChI=1S/C22H30N4O3/c1-5-6-7-8-13-28-18-11-9-17(10-12-18)20-19(21(27)29-15(2)3)16(4)25-22-23-14-24-26(20)22/h9-12,14-15,20H,5-8,13H2,1-4H3,(H,23,24,25)/t20-/m0/s1. The molecule has 1 aromatic heterocycles. The van der Waals surface area contributed by atoms with Crippen LogP contribution in [0.15, 0.2) is 41.9 Å². The maximum absolute atomic E-state index is 12.8. The van der Waals surface area contributed by atoms with E-state index >= 15 is 0 Å². The zero-order valence-corrected chi connectivity index (χ0v) is 17.6. The van der Waals surface area contributed by atoms with Crippen LogP contribution in [0.5, 0.6) is 5.75 Å². The van der Waals surface area contributed by atoms with Gasteiger partial charge in [0.2, 0.25) is 5.95 Å². The predicted molar refractivity (Wildman–Crippen MR) is 112 cm³/mol. The van der Waals surface area contributed by atoms with E-state index in [1.54, 1.807) is 4.68 Å². The van der Waals surface area contributed by atoms with Crippen molar-refractivity contribution in [3.05, 3.63) is 47.4 Å². The summed E-state index contributed by atoms with van der Waals surface area (Å²) in [7, 11) is 0. The smallest absolute Gasteiger partial charge is 0.338 e. The van der Waals surface area contributed by atoms with Crippen molar-refractivity contribution >= 4 is 11.9 Å². The summed E-state index contributed by atoms with van der Waals surface area (Å²) in [5.74, 6) is 1.07. The molecule has 1 aliphatic heterocycles. The second kappa shape index (κ2) is 9.58. The van der Waals surface area contributed by atoms with E-state index in [1.165, 1.54) is 25.6 Å². The maximum atomic E-state index is 12.8. The molecule has 0 bridgehead atoms. The van der Waals surface area contributed by atoms with Gasteiger partial charge in [-0.1, -0.05) is 38.3 Å². The molecule has 0 spiro atoms. The highest BCUT2D eigenvalue weighted by Crippen LogP contribution is 2.35. The zero-order valence-electron chi connectivity index (χ0n) is 17.6. The second-order valence-electron chi connectivity index (χ2n) is 7.53. The lowest BCUT2D eigenvalue weighted by molar-refractivity contribution is -0.143. The Hall–Kier alpha value is -2.83. The first-order valence-electron chi connectivity index (χ1n) is 10.3. The Morgan fingerprint density at radius 1 is 1.21 bits per heavy atom. The van der Waals surface area contributed by atoms with Crippen molar-refractivity contribution in [2.45, 2.75) is 65.5 Å². The molecule has 1 aromatic carbocycles. The first kappa shape index (κ1) is 20.9. The van der Waals surface area contributed by atoms with Gasteiger partial charge in [0.25, 0.3) is 0 Å². The fourth-order valence-electron chi connectivity index (χ4n) is 3.41. The monoisotopic (exact) mass is 398 g/mol. The van der Waals surface area contributed by atoms with E-state index in [4.69, 9.17) is 9.47 Å². The molecule has 7 nitrogen and oxygen atoms in total. The highest BCUT2D eigenvalue weighted by molar-refractivity contribution is 5.92. The van der Waals surface area contributed by atoms with Crippen LogP contribution in [-0.4, -0.2) is 33.4 Å². The molecule has 29 heavy (non-hydrogen) atoms. The number of unbranched alkanes of at least 4 members (excludes halogenated alkanes) is 3. The Morgan fingerprint density at radius 2 is 1.97 bits per heavy atom. The third kappa shape index (κ3) is 4.96. The quantitative estimate of drug-likeness (QED) is 0.496. The van der Waals surface area contributed by atoms with E-state index in [0.29, 0.717) is 18.1 Å². The number of benzene rings is 1. The van der Waals surface area contributed by atoms with Crippen LogP contribution < -0.4 is 10.1 Å². The van der Waals surface area contributed by atoms with Crippen LogP contribution in [0.3, 0.4) is 0 Å². The number of allylic oxidation sites excluding steroid dienone is 1. The lowest BCUT2D eigenvalue weighted by Gasteiger charge is -2.28. The fraction of sp³-hybridized carbons (Fsp3) is 0.500. The van der Waals surface area contributed by atoms with Crippen LogP contribution >= 0.6 is 0 Å². The summed E-state index contributed by atoms with van der Waals surface area (Å²) in [4.78, 5) is 17.1. The molecule has 0 fully saturated rings. The summed E-state index contributed by atoms with van der Waals surface area (Å²) in [6, 6.07) is 7.42. The molecule has 0 amide bonds. The zero-order chi connectivity index (χ0) is 20.8. The highest BCUT2D eigenvalue weighted by Gasteiger charge is 2.34. The van der Waals surface area contributed by atoms with Gasteiger partial charge in [0, 0.05) is 5.70 Å². The van der Waals surface area contributed by atoms with E-state index < -0.39 is 6.04 Å². The average molecular weight is 399 g/mol. The van der Waals surface area contributed by atoms with Gasteiger partial charge in [-0.3, -0.25) is 0 Å². The number of anilines is 1. The molecule has 3 rings (SSSR count). The Labute approximate surface area is 172 Å². The van der Waals surface area contributed by atoms with Crippen molar-refractivity contribution in [2.24, 2.45) is 0 Å². The molecule has 2 aromatic rings. The molecule has 0 aliphatic carbocycles. The minimum Gasteiger partial charge on any atom is -0.494 e. The van der Waals surface area contributed by atoms with Crippen molar-refractivity contribution in [1.29, 1.82) is 0 Å². The number of esters is 1. The normalized spacial score (nSPS) is 15.8. The van der Waals surface area contributed by atoms with Crippen LogP contribution in [0.1, 0.15) is 65.0 Å². The van der Waals surface area contributed by atoms with Crippen LogP contribution in [0, 0.1) is 0 Å². The summed E-state index contributed by atoms with van der Waals surface area (Å²) >= 11 is 0. The van der Waals surface area contributed by atoms with Crippen molar-refractivity contribution < 1.29 is 14.3 Å². The first-order valence-corrected chi connectivity index (χ1v) is 10.3. The molecule has 156 valence electrons. The van der Waals surface area contributed by atoms with Crippen molar-refractivity contribution in [2.75, 3.05) is 11.9 Å². The van der Waals surface area contributed by atoms with Gasteiger partial charge in [0.15, 0.2) is 0 Å². The number of aromatic nitrogens is 3. The molecular formula is C22H30N4O3. The molecule has 0 unspecified atom stereocenters. The molecular weight excluding hydrogens is 368 g/mol. The number of carbonyl (C=O) groups is 1. The number of nitrogens with zero attached hydrogens (tertiary/aromatic N) is 3. The van der Waals surface area contributed by atoms with Crippen molar-refractivity contribution in [3.63, 3.8) is 0 Å². The lowest BCUT2D eigenvalue weighted by atomic mass is 9.95. The highest BCUT2D eigenvalue weighted by atomic mass is 16.5. The van der Waals surface area contributed by atoms with Gasteiger partial charge in [0.1, 0.15) is 18.1 Å². The predicted octanol–water partition coefficient (Wildman–Crippen LogP) is 4.48. The number of carbonyl (C=O) groups excluding carboxylic acids is 1. The van der Waals surface area contributed by atoms with Crippen LogP contribution in [0.2, 0.25) is 0 Å². The number of rotatable bonds is 9. The fourth-order valence-corrected chi connectivity index (χ4v) is 3.41. The Balaban J connectivity index is 1.81. The number of fused-ring (bicyclic) bond motifs is 1. The molecule has 7 heteroatoms. The van der Waals surface area contributed by atoms with E-state index in [0.717, 1.165) is 23.4 Å². The summed E-state index contributed by atoms with van der Waals surface area (Å²) < 4.78 is 13.0. The van der Waals surface area contributed by atoms with Crippen molar-refractivity contribution in [1.82, 2.24) is 14.8 Å². The van der Waals surface area contributed by atoms with Gasteiger partial charge in [-0.2, -0.15) is 10.1 Å². The number of hydrogen-bond donors (Lipinski definition) is 1. The SMILES string of the molecule is CCCCCCOc1ccc([C@H]2C(C(=O)OC(C)C)=C(C)Nc3ncnn32)cc1. The van der Waals surface area contributed by atoms with Gasteiger partial charge in [-0.25, -0.2) is 9.48 Å². The van der Waals surface area contributed by atoms with Gasteiger partial charge in [-0.15, -0.1) is 0 Å². The van der Waals surface area contributed by atoms with E-state index in [9.17, 15) is 4.79 Å². The van der Waals surface area contributed by atoms with Crippen LogP contribution in [0.4, 0.5) is 5.95 Å². The maximum Gasteiger partial charge on any atom is 0.338 e. The van der Waals surface area contributed by atoms with E-state index in [2.05, 4.69) is 22.3 Å². The lowest BCUT2D eigenvalue weighted by Crippen LogP contribution is -2.30. The minimum atomic E-state index is -0.404. The third-order valence-corrected chi connectivity index (χ3v) is 4.82. The third-order valence-electron chi connectivity index (χ3n) is 4.82. The molecule has 1 N–H and O–H groups in total. The van der Waals surface area contributed by atoms with Gasteiger partial charge >= 0.3 is 5.97 Å². The molecule has 1 atom stereocenters. The molecule has 1 aliphatic rings. The van der Waals surface area contributed by atoms with Gasteiger partial charge in [0.05, 0.1) is 18.3 Å². The summed E-state index contributed by atoms with van der Waals surface area (Å²) in [5, 5.41) is 7.47. The second-order valence-corrected chi connectivity index (χ2v) is 7.53. The molecule has 2 heterocycles. The number of nitrogens with one attached hydrogen (secondary N) is 1. The van der Waals surface area contributed by atoms with Crippen molar-refractivity contribution in [3.8, 4) is 5.75 Å². The van der Waals surface area contributed by atoms with Gasteiger partial charge < -0.3 is 14.8 Å². The molecule has 0 radical (unpaired) electrons. The van der Waals surface area contributed by atoms with Gasteiger partial charge in [-0.05, 0) is 44.9 Å². The van der Waals surface area contributed by atoms with E-state index in [-0.39, 0.29) is 12.1 Å². The first-order chi connectivity index (χ1) is 14.0. The minimum absolute atomic E-state index is 0.205. The number of ether oxygens (including phenoxy) is 2. The topological polar surface area (TPSA) is 78.3 Å². The van der Waals surface area contributed by atoms with Crippen LogP contribution in [-0.2, 0) is 9.53 Å². The van der Waals surface area contributed by atoms with Crippen LogP contribution in [0.25, 0.3) is 0 Å². The molecule has 0 saturated heterocycles. The Morgan fingerprint density at radius 3 is 2.66 bits per heavy atom. The summed E-state index contributed by atoms with van der Waals surface area (Å²) in [5.41, 5.74) is 2.17. The summed E-state index contributed by atoms with van der Waals surface area (Å²) in [6.07, 6.45) is 5.96. The molecule has 0 saturated carbocycles. The Kier molecular flexibility index (Phi) is 6.90.